The summed E-state index contributed by atoms with van der Waals surface area (Å²) in [5.41, 5.74) is 3.46. The minimum absolute atomic E-state index is 0.0604. The number of rotatable bonds is 1. The molecule has 0 saturated carbocycles. The lowest BCUT2D eigenvalue weighted by Gasteiger charge is -2.28. The molecule has 4 rings (SSSR count). The molecule has 1 fully saturated rings. The first-order chi connectivity index (χ1) is 11.0. The summed E-state index contributed by atoms with van der Waals surface area (Å²) in [5, 5.41) is 4.03. The predicted octanol–water partition coefficient (Wildman–Crippen LogP) is 1.42. The number of para-hydroxylation sites is 1. The topological polar surface area (TPSA) is 82.3 Å². The van der Waals surface area contributed by atoms with Crippen LogP contribution in [0.25, 0.3) is 10.9 Å². The fourth-order valence-corrected chi connectivity index (χ4v) is 5.19. The van der Waals surface area contributed by atoms with Gasteiger partial charge in [0.25, 0.3) is 0 Å². The summed E-state index contributed by atoms with van der Waals surface area (Å²) < 4.78 is 23.0. The van der Waals surface area contributed by atoms with E-state index in [1.165, 1.54) is 11.3 Å². The van der Waals surface area contributed by atoms with E-state index in [0.29, 0.717) is 19.5 Å². The second kappa shape index (κ2) is 5.26. The lowest BCUT2D eigenvalue weighted by atomic mass is 10.0. The standard InChI is InChI=1S/C16H19N3O3S/c20-16(17-11-6-8-23(21,22)10-11)19-7-5-15-13(9-19)12-3-1-2-4-14(12)18-15/h1-4,11,18H,5-10H2,(H,17,20)/t11-/m0/s1. The number of aromatic nitrogens is 1. The quantitative estimate of drug-likeness (QED) is 0.828. The van der Waals surface area contributed by atoms with E-state index in [2.05, 4.69) is 16.4 Å². The molecule has 1 saturated heterocycles. The van der Waals surface area contributed by atoms with Gasteiger partial charge in [0.2, 0.25) is 0 Å². The highest BCUT2D eigenvalue weighted by Gasteiger charge is 2.31. The normalized spacial score (nSPS) is 23.0. The highest BCUT2D eigenvalue weighted by molar-refractivity contribution is 7.91. The third-order valence-corrected chi connectivity index (χ3v) is 6.50. The summed E-state index contributed by atoms with van der Waals surface area (Å²) in [6, 6.07) is 7.69. The summed E-state index contributed by atoms with van der Waals surface area (Å²) >= 11 is 0. The predicted molar refractivity (Wildman–Crippen MR) is 88.0 cm³/mol. The van der Waals surface area contributed by atoms with Crippen LogP contribution >= 0.6 is 0 Å². The van der Waals surface area contributed by atoms with Gasteiger partial charge in [-0.25, -0.2) is 13.2 Å². The van der Waals surface area contributed by atoms with Gasteiger partial charge in [-0.15, -0.1) is 0 Å². The number of urea groups is 1. The fourth-order valence-electron chi connectivity index (χ4n) is 3.51. The van der Waals surface area contributed by atoms with Crippen LogP contribution in [-0.4, -0.2) is 48.4 Å². The largest absolute Gasteiger partial charge is 0.358 e. The van der Waals surface area contributed by atoms with Gasteiger partial charge < -0.3 is 15.2 Å². The summed E-state index contributed by atoms with van der Waals surface area (Å²) in [6.45, 7) is 1.20. The van der Waals surface area contributed by atoms with Gasteiger partial charge in [-0.05, 0) is 12.5 Å². The number of H-pyrrole nitrogens is 1. The minimum atomic E-state index is -2.98. The van der Waals surface area contributed by atoms with E-state index in [4.69, 9.17) is 0 Å². The van der Waals surface area contributed by atoms with Crippen LogP contribution in [0.5, 0.6) is 0 Å². The molecule has 122 valence electrons. The fraction of sp³-hybridized carbons (Fsp3) is 0.438. The lowest BCUT2D eigenvalue weighted by molar-refractivity contribution is 0.189. The maximum atomic E-state index is 12.4. The Morgan fingerprint density at radius 1 is 1.30 bits per heavy atom. The Morgan fingerprint density at radius 3 is 2.91 bits per heavy atom. The molecule has 2 amide bonds. The van der Waals surface area contributed by atoms with Crippen molar-refractivity contribution in [1.29, 1.82) is 0 Å². The number of fused-ring (bicyclic) bond motifs is 3. The molecule has 0 bridgehead atoms. The molecule has 7 heteroatoms. The molecule has 0 unspecified atom stereocenters. The van der Waals surface area contributed by atoms with Gasteiger partial charge in [0, 0.05) is 47.7 Å². The Kier molecular flexibility index (Phi) is 3.33. The zero-order valence-electron chi connectivity index (χ0n) is 12.7. The Balaban J connectivity index is 1.50. The van der Waals surface area contributed by atoms with Gasteiger partial charge in [0.1, 0.15) is 0 Å². The molecule has 2 aromatic rings. The van der Waals surface area contributed by atoms with Crippen LogP contribution < -0.4 is 5.32 Å². The van der Waals surface area contributed by atoms with Crippen molar-refractivity contribution in [1.82, 2.24) is 15.2 Å². The molecule has 23 heavy (non-hydrogen) atoms. The van der Waals surface area contributed by atoms with Gasteiger partial charge in [0.15, 0.2) is 9.84 Å². The smallest absolute Gasteiger partial charge is 0.317 e. The van der Waals surface area contributed by atoms with E-state index < -0.39 is 9.84 Å². The molecule has 1 aromatic carbocycles. The van der Waals surface area contributed by atoms with Gasteiger partial charge in [0.05, 0.1) is 11.5 Å². The minimum Gasteiger partial charge on any atom is -0.358 e. The molecule has 0 spiro atoms. The van der Waals surface area contributed by atoms with Crippen molar-refractivity contribution in [2.45, 2.75) is 25.4 Å². The number of carbonyl (C=O) groups excluding carboxylic acids is 1. The molecular weight excluding hydrogens is 314 g/mol. The summed E-state index contributed by atoms with van der Waals surface area (Å²) in [6.07, 6.45) is 1.31. The highest BCUT2D eigenvalue weighted by atomic mass is 32.2. The Labute approximate surface area is 134 Å². The van der Waals surface area contributed by atoms with Crippen LogP contribution in [0.1, 0.15) is 17.7 Å². The van der Waals surface area contributed by atoms with E-state index in [0.717, 1.165) is 17.3 Å². The van der Waals surface area contributed by atoms with Crippen molar-refractivity contribution in [3.05, 3.63) is 35.5 Å². The highest BCUT2D eigenvalue weighted by Crippen LogP contribution is 2.27. The third kappa shape index (κ3) is 2.69. The number of hydrogen-bond donors (Lipinski definition) is 2. The average Bonchev–Trinajstić information content (AvgIpc) is 3.06. The van der Waals surface area contributed by atoms with Crippen LogP contribution in [-0.2, 0) is 22.8 Å². The van der Waals surface area contributed by atoms with Crippen molar-refractivity contribution >= 4 is 26.8 Å². The average molecular weight is 333 g/mol. The molecule has 2 aliphatic heterocycles. The Hall–Kier alpha value is -2.02. The lowest BCUT2D eigenvalue weighted by Crippen LogP contribution is -2.47. The SMILES string of the molecule is O=C(N[C@H]1CCS(=O)(=O)C1)N1CCc2[nH]c3ccccc3c2C1. The molecule has 3 heterocycles. The number of aromatic amines is 1. The van der Waals surface area contributed by atoms with Crippen molar-refractivity contribution in [3.8, 4) is 0 Å². The number of amides is 2. The first kappa shape index (κ1) is 14.6. The zero-order valence-corrected chi connectivity index (χ0v) is 13.5. The summed E-state index contributed by atoms with van der Waals surface area (Å²) in [7, 11) is -2.98. The van der Waals surface area contributed by atoms with Crippen molar-refractivity contribution in [2.24, 2.45) is 0 Å². The molecule has 2 N–H and O–H groups in total. The maximum Gasteiger partial charge on any atom is 0.317 e. The number of sulfone groups is 1. The summed E-state index contributed by atoms with van der Waals surface area (Å²) in [5.74, 6) is 0.232. The zero-order chi connectivity index (χ0) is 16.0. The second-order valence-corrected chi connectivity index (χ2v) is 8.58. The maximum absolute atomic E-state index is 12.4. The van der Waals surface area contributed by atoms with Gasteiger partial charge in [-0.3, -0.25) is 0 Å². The first-order valence-corrected chi connectivity index (χ1v) is 9.68. The van der Waals surface area contributed by atoms with Crippen LogP contribution in [0, 0.1) is 0 Å². The number of carbonyl (C=O) groups is 1. The third-order valence-electron chi connectivity index (χ3n) is 4.73. The Morgan fingerprint density at radius 2 is 2.13 bits per heavy atom. The molecule has 6 nitrogen and oxygen atoms in total. The second-order valence-electron chi connectivity index (χ2n) is 6.35. The monoisotopic (exact) mass is 333 g/mol. The van der Waals surface area contributed by atoms with Crippen molar-refractivity contribution < 1.29 is 13.2 Å². The number of hydrogen-bond acceptors (Lipinski definition) is 3. The van der Waals surface area contributed by atoms with E-state index in [-0.39, 0.29) is 23.6 Å². The molecule has 2 aliphatic rings. The van der Waals surface area contributed by atoms with E-state index in [9.17, 15) is 13.2 Å². The Bertz CT molecular complexity index is 872. The van der Waals surface area contributed by atoms with E-state index >= 15 is 0 Å². The molecule has 0 radical (unpaired) electrons. The molecular formula is C16H19N3O3S. The van der Waals surface area contributed by atoms with E-state index in [1.54, 1.807) is 4.90 Å². The molecule has 1 aromatic heterocycles. The van der Waals surface area contributed by atoms with Gasteiger partial charge >= 0.3 is 6.03 Å². The van der Waals surface area contributed by atoms with Crippen LogP contribution in [0.3, 0.4) is 0 Å². The van der Waals surface area contributed by atoms with Crippen molar-refractivity contribution in [3.63, 3.8) is 0 Å². The van der Waals surface area contributed by atoms with Crippen LogP contribution in [0.2, 0.25) is 0 Å². The number of nitrogens with one attached hydrogen (secondary N) is 2. The van der Waals surface area contributed by atoms with Gasteiger partial charge in [-0.2, -0.15) is 0 Å². The molecule has 0 aliphatic carbocycles. The van der Waals surface area contributed by atoms with E-state index in [1.807, 2.05) is 18.2 Å². The van der Waals surface area contributed by atoms with Crippen LogP contribution in [0.4, 0.5) is 4.79 Å². The van der Waals surface area contributed by atoms with Crippen molar-refractivity contribution in [2.75, 3.05) is 18.1 Å². The molecule has 1 atom stereocenters. The first-order valence-electron chi connectivity index (χ1n) is 7.86. The van der Waals surface area contributed by atoms with Crippen LogP contribution in [0.15, 0.2) is 24.3 Å². The number of benzene rings is 1. The van der Waals surface area contributed by atoms with Gasteiger partial charge in [-0.1, -0.05) is 18.2 Å². The number of nitrogens with zero attached hydrogens (tertiary/aromatic N) is 1. The summed E-state index contributed by atoms with van der Waals surface area (Å²) in [4.78, 5) is 17.6.